The van der Waals surface area contributed by atoms with E-state index in [-0.39, 0.29) is 10.4 Å². The van der Waals surface area contributed by atoms with Crippen LogP contribution in [0.4, 0.5) is 5.69 Å². The number of allylic oxidation sites excluding steroid dienone is 2. The maximum absolute atomic E-state index is 12.4. The smallest absolute Gasteiger partial charge is 0.352 e. The maximum Gasteiger partial charge on any atom is 0.369 e. The Hall–Kier alpha value is -2.89. The molecule has 3 rings (SSSR count). The molecule has 0 radical (unpaired) electrons. The zero-order chi connectivity index (χ0) is 16.8. The van der Waals surface area contributed by atoms with Crippen LogP contribution in [0, 0.1) is 0 Å². The first-order valence-corrected chi connectivity index (χ1v) is 5.68. The zero-order valence-electron chi connectivity index (χ0n) is 13.0. The van der Waals surface area contributed by atoms with Crippen molar-refractivity contribution in [2.45, 2.75) is 0 Å². The number of para-hydroxylation sites is 1. The van der Waals surface area contributed by atoms with E-state index in [1.165, 1.54) is 0 Å². The molecule has 0 atom stereocenters. The molecule has 6 heteroatoms. The lowest BCUT2D eigenvalue weighted by molar-refractivity contribution is 0.0977. The molecule has 0 amide bonds. The molecule has 0 unspecified atom stereocenters. The normalized spacial score (nSPS) is 16.8. The van der Waals surface area contributed by atoms with Gasteiger partial charge in [-0.3, -0.25) is 9.59 Å². The second kappa shape index (κ2) is 4.34. The Balaban J connectivity index is 2.07. The molecule has 1 aliphatic rings. The van der Waals surface area contributed by atoms with Crippen molar-refractivity contribution >= 4 is 17.3 Å². The molecule has 1 aliphatic carbocycles. The molecule has 1 heterocycles. The first-order valence-electron chi connectivity index (χ1n) is 7.18. The number of carbonyl (C=O) groups is 2. The van der Waals surface area contributed by atoms with Crippen LogP contribution in [-0.4, -0.2) is 16.3 Å². The van der Waals surface area contributed by atoms with E-state index in [0.717, 1.165) is 6.08 Å². The molecule has 20 heavy (non-hydrogen) atoms. The van der Waals surface area contributed by atoms with E-state index in [4.69, 9.17) is 4.11 Å². The van der Waals surface area contributed by atoms with Gasteiger partial charge in [0.1, 0.15) is 11.3 Å². The number of nitrogens with zero attached hydrogens (tertiary/aromatic N) is 1. The third-order valence-corrected chi connectivity index (χ3v) is 2.85. The minimum atomic E-state index is -2.87. The zero-order valence-corrected chi connectivity index (χ0v) is 10.0. The van der Waals surface area contributed by atoms with Gasteiger partial charge in [-0.25, -0.2) is 9.53 Å². The molecule has 0 aliphatic heterocycles. The average molecular weight is 273 g/mol. The van der Waals surface area contributed by atoms with Gasteiger partial charge in [0.15, 0.2) is 0 Å². The first-order chi connectivity index (χ1) is 10.8. The van der Waals surface area contributed by atoms with E-state index in [2.05, 4.69) is 9.84 Å². The fraction of sp³-hybridized carbons (Fsp3) is 0.0714. The van der Waals surface area contributed by atoms with Gasteiger partial charge in [0.2, 0.25) is 11.6 Å². The number of Topliss-reactive ketones (excluding diaryl/α,β-unsaturated/α-hetero) is 1. The van der Waals surface area contributed by atoms with Gasteiger partial charge in [0.25, 0.3) is 0 Å². The van der Waals surface area contributed by atoms with Gasteiger partial charge in [0.05, 0.1) is 5.70 Å². The van der Waals surface area contributed by atoms with Crippen molar-refractivity contribution in [2.24, 2.45) is 6.98 Å². The Labute approximate surface area is 117 Å². The van der Waals surface area contributed by atoms with Crippen molar-refractivity contribution in [3.63, 3.8) is 0 Å². The Kier molecular flexibility index (Phi) is 1.97. The lowest BCUT2D eigenvalue weighted by Gasteiger charge is -2.13. The van der Waals surface area contributed by atoms with Gasteiger partial charge in [-0.15, -0.1) is 0 Å². The third kappa shape index (κ3) is 1.78. The van der Waals surface area contributed by atoms with Crippen molar-refractivity contribution in [1.82, 2.24) is 4.74 Å². The number of rotatable bonds is 2. The second-order valence-electron chi connectivity index (χ2n) is 4.14. The number of hydrogen-bond acceptors (Lipinski definition) is 5. The molecule has 0 saturated carbocycles. The molecule has 6 nitrogen and oxygen atoms in total. The van der Waals surface area contributed by atoms with Crippen LogP contribution >= 0.6 is 0 Å². The number of fused-ring (bicyclic) bond motifs is 1. The Morgan fingerprint density at radius 2 is 1.95 bits per heavy atom. The van der Waals surface area contributed by atoms with Crippen LogP contribution in [-0.2, 0) is 6.98 Å². The number of benzene rings is 1. The molecule has 0 bridgehead atoms. The summed E-state index contributed by atoms with van der Waals surface area (Å²) in [5, 5.41) is 2.74. The summed E-state index contributed by atoms with van der Waals surface area (Å²) in [6.07, 6.45) is 0.953. The van der Waals surface area contributed by atoms with Crippen molar-refractivity contribution in [2.75, 3.05) is 5.32 Å². The highest BCUT2D eigenvalue weighted by Gasteiger charge is 2.33. The van der Waals surface area contributed by atoms with E-state index >= 15 is 0 Å². The molecule has 0 saturated heterocycles. The fourth-order valence-electron chi connectivity index (χ4n) is 1.97. The molecular weight excluding hydrogens is 260 g/mol. The minimum absolute atomic E-state index is 0.121. The molecular formula is C14H10N2O4. The van der Waals surface area contributed by atoms with Crippen LogP contribution < -0.4 is 10.9 Å². The lowest BCUT2D eigenvalue weighted by atomic mass is 9.99. The summed E-state index contributed by atoms with van der Waals surface area (Å²) in [6, 6.07) is 8.57. The number of ketones is 2. The van der Waals surface area contributed by atoms with E-state index in [1.54, 1.807) is 30.3 Å². The van der Waals surface area contributed by atoms with Gasteiger partial charge in [-0.05, 0) is 12.1 Å². The molecule has 0 spiro atoms. The van der Waals surface area contributed by atoms with E-state index in [9.17, 15) is 14.4 Å². The Morgan fingerprint density at radius 1 is 1.20 bits per heavy atom. The van der Waals surface area contributed by atoms with Crippen LogP contribution in [0.5, 0.6) is 0 Å². The molecule has 0 fully saturated rings. The number of hydrogen-bond donors (Lipinski definition) is 1. The largest absolute Gasteiger partial charge is 0.369 e. The van der Waals surface area contributed by atoms with Crippen molar-refractivity contribution in [3.05, 3.63) is 63.8 Å². The summed E-state index contributed by atoms with van der Waals surface area (Å²) in [4.78, 5) is 36.4. The predicted octanol–water partition coefficient (Wildman–Crippen LogP) is 1.35. The number of aromatic nitrogens is 1. The second-order valence-corrected chi connectivity index (χ2v) is 4.14. The minimum Gasteiger partial charge on any atom is -0.352 e. The highest BCUT2D eigenvalue weighted by molar-refractivity contribution is 6.24. The van der Waals surface area contributed by atoms with Crippen molar-refractivity contribution in [1.29, 1.82) is 0 Å². The highest BCUT2D eigenvalue weighted by Crippen LogP contribution is 2.20. The molecule has 2 aromatic rings. The summed E-state index contributed by atoms with van der Waals surface area (Å²) in [7, 11) is 0. The summed E-state index contributed by atoms with van der Waals surface area (Å²) >= 11 is 0. The molecule has 1 N–H and O–H groups in total. The quantitative estimate of drug-likeness (QED) is 0.893. The van der Waals surface area contributed by atoms with Crippen molar-refractivity contribution in [3.8, 4) is 0 Å². The van der Waals surface area contributed by atoms with E-state index in [1.807, 2.05) is 0 Å². The number of carbonyl (C=O) groups excluding carboxylic acids is 2. The molecule has 1 aromatic heterocycles. The van der Waals surface area contributed by atoms with Crippen LogP contribution in [0.1, 0.15) is 25.0 Å². The van der Waals surface area contributed by atoms with Crippen LogP contribution in [0.25, 0.3) is 0 Å². The summed E-state index contributed by atoms with van der Waals surface area (Å²) in [5.74, 6) is -1.58. The molecule has 100 valence electrons. The summed E-state index contributed by atoms with van der Waals surface area (Å²) in [6.45, 7) is -2.87. The third-order valence-electron chi connectivity index (χ3n) is 2.85. The number of anilines is 1. The van der Waals surface area contributed by atoms with Gasteiger partial charge in [-0.1, -0.05) is 18.2 Å². The van der Waals surface area contributed by atoms with Gasteiger partial charge >= 0.3 is 5.63 Å². The fourth-order valence-corrected chi connectivity index (χ4v) is 1.97. The van der Waals surface area contributed by atoms with Crippen LogP contribution in [0.15, 0.2) is 51.4 Å². The van der Waals surface area contributed by atoms with Crippen molar-refractivity contribution < 1.29 is 18.2 Å². The van der Waals surface area contributed by atoms with Crippen LogP contribution in [0.2, 0.25) is 0 Å². The standard InChI is InChI=1S/C14H10N2O4/c1-16-12-10(17)7-9(13(18)11(12)14(19)20-16)15-8-5-3-2-4-6-8/h2-7,15H,1H3/i1D3. The molecule has 1 aromatic carbocycles. The summed E-state index contributed by atoms with van der Waals surface area (Å²) < 4.78 is 26.6. The van der Waals surface area contributed by atoms with Gasteiger partial charge in [0, 0.05) is 22.9 Å². The first kappa shape index (κ1) is 9.08. The van der Waals surface area contributed by atoms with Gasteiger partial charge < -0.3 is 9.84 Å². The summed E-state index contributed by atoms with van der Waals surface area (Å²) in [5.41, 5.74) is -1.87. The number of nitrogens with one attached hydrogen (secondary N) is 1. The SMILES string of the molecule is [2H]C([2H])([2H])n1oc(=O)c2c1C(=O)C=C(Nc1ccccc1)C2=O. The Morgan fingerprint density at radius 3 is 2.65 bits per heavy atom. The van der Waals surface area contributed by atoms with E-state index < -0.39 is 35.4 Å². The van der Waals surface area contributed by atoms with E-state index in [0.29, 0.717) is 5.69 Å². The number of aryl methyl sites for hydroxylation is 1. The highest BCUT2D eigenvalue weighted by atomic mass is 16.5. The lowest BCUT2D eigenvalue weighted by Crippen LogP contribution is -2.25. The average Bonchev–Trinajstić information content (AvgIpc) is 2.84. The predicted molar refractivity (Wildman–Crippen MR) is 70.8 cm³/mol. The topological polar surface area (TPSA) is 81.3 Å². The Bertz CT molecular complexity index is 891. The maximum atomic E-state index is 12.4. The van der Waals surface area contributed by atoms with Gasteiger partial charge in [-0.2, -0.15) is 0 Å². The monoisotopic (exact) mass is 273 g/mol. The van der Waals surface area contributed by atoms with Crippen LogP contribution in [0.3, 0.4) is 0 Å².